The first kappa shape index (κ1) is 20.9. The smallest absolute Gasteiger partial charge is 0.275 e. The van der Waals surface area contributed by atoms with Crippen molar-refractivity contribution < 1.29 is 18.1 Å². The van der Waals surface area contributed by atoms with Gasteiger partial charge in [0.05, 0.1) is 26.6 Å². The van der Waals surface area contributed by atoms with Gasteiger partial charge in [0.1, 0.15) is 11.5 Å². The molecule has 10 heteroatoms. The highest BCUT2D eigenvalue weighted by atomic mass is 35.5. The third-order valence-corrected chi connectivity index (χ3v) is 5.74. The summed E-state index contributed by atoms with van der Waals surface area (Å²) in [6.07, 6.45) is 0. The summed E-state index contributed by atoms with van der Waals surface area (Å²) < 4.78 is 33.1. The Hall–Kier alpha value is -2.81. The molecule has 3 rings (SSSR count). The average Bonchev–Trinajstić information content (AvgIpc) is 2.64. The van der Waals surface area contributed by atoms with Crippen LogP contribution in [-0.2, 0) is 10.0 Å². The highest BCUT2D eigenvalue weighted by Crippen LogP contribution is 2.35. The van der Waals surface area contributed by atoms with Crippen molar-refractivity contribution in [2.24, 2.45) is 0 Å². The Bertz CT molecular complexity index is 1180. The lowest BCUT2D eigenvalue weighted by atomic mass is 10.2. The fourth-order valence-electron chi connectivity index (χ4n) is 2.42. The Morgan fingerprint density at radius 1 is 1.00 bits per heavy atom. The molecule has 0 saturated heterocycles. The zero-order valence-electron chi connectivity index (χ0n) is 14.9. The second-order valence-electron chi connectivity index (χ2n) is 6.07. The number of nitrogens with zero attached hydrogens (tertiary/aromatic N) is 1. The van der Waals surface area contributed by atoms with Crippen LogP contribution in [-0.4, -0.2) is 13.3 Å². The van der Waals surface area contributed by atoms with Crippen LogP contribution in [0.2, 0.25) is 10.0 Å². The molecule has 150 valence electrons. The minimum absolute atomic E-state index is 0.0258. The second kappa shape index (κ2) is 8.28. The predicted octanol–water partition coefficient (Wildman–Crippen LogP) is 5.80. The Balaban J connectivity index is 1.96. The fourth-order valence-corrected chi connectivity index (χ4v) is 3.91. The van der Waals surface area contributed by atoms with Gasteiger partial charge in [0, 0.05) is 17.2 Å². The maximum absolute atomic E-state index is 12.6. The van der Waals surface area contributed by atoms with Crippen molar-refractivity contribution in [2.45, 2.75) is 11.8 Å². The van der Waals surface area contributed by atoms with Gasteiger partial charge in [0.15, 0.2) is 0 Å². The molecule has 0 aliphatic rings. The molecular weight excluding hydrogens is 439 g/mol. The first-order chi connectivity index (χ1) is 13.6. The van der Waals surface area contributed by atoms with E-state index in [1.165, 1.54) is 30.3 Å². The summed E-state index contributed by atoms with van der Waals surface area (Å²) in [4.78, 5) is 10.6. The van der Waals surface area contributed by atoms with Crippen LogP contribution in [0.4, 0.5) is 11.4 Å². The first-order valence-electron chi connectivity index (χ1n) is 8.16. The van der Waals surface area contributed by atoms with Gasteiger partial charge < -0.3 is 4.74 Å². The van der Waals surface area contributed by atoms with Crippen LogP contribution in [0.1, 0.15) is 5.56 Å². The van der Waals surface area contributed by atoms with Gasteiger partial charge in [0.25, 0.3) is 15.7 Å². The molecule has 0 fully saturated rings. The van der Waals surface area contributed by atoms with E-state index in [2.05, 4.69) is 4.72 Å². The van der Waals surface area contributed by atoms with Gasteiger partial charge in [-0.3, -0.25) is 14.8 Å². The molecule has 1 N–H and O–H groups in total. The minimum atomic E-state index is -3.95. The summed E-state index contributed by atoms with van der Waals surface area (Å²) in [5.41, 5.74) is 0.517. The molecule has 0 aliphatic carbocycles. The predicted molar refractivity (Wildman–Crippen MR) is 112 cm³/mol. The van der Waals surface area contributed by atoms with Crippen LogP contribution >= 0.6 is 23.2 Å². The van der Waals surface area contributed by atoms with Gasteiger partial charge in [-0.05, 0) is 37.3 Å². The highest BCUT2D eigenvalue weighted by Gasteiger charge is 2.18. The zero-order valence-corrected chi connectivity index (χ0v) is 17.3. The molecule has 0 heterocycles. The molecule has 3 aromatic carbocycles. The van der Waals surface area contributed by atoms with Crippen molar-refractivity contribution in [1.82, 2.24) is 0 Å². The average molecular weight is 453 g/mol. The number of aryl methyl sites for hydroxylation is 1. The highest BCUT2D eigenvalue weighted by molar-refractivity contribution is 7.92. The van der Waals surface area contributed by atoms with Crippen molar-refractivity contribution in [3.8, 4) is 11.5 Å². The molecular formula is C19H14Cl2N2O5S. The number of nitrogens with one attached hydrogen (secondary N) is 1. The summed E-state index contributed by atoms with van der Waals surface area (Å²) in [5.74, 6) is 0.244. The lowest BCUT2D eigenvalue weighted by Gasteiger charge is -2.12. The summed E-state index contributed by atoms with van der Waals surface area (Å²) in [6.45, 7) is 1.83. The van der Waals surface area contributed by atoms with Gasteiger partial charge >= 0.3 is 0 Å². The van der Waals surface area contributed by atoms with E-state index in [9.17, 15) is 18.5 Å². The largest absolute Gasteiger partial charge is 0.455 e. The first-order valence-corrected chi connectivity index (χ1v) is 10.4. The van der Waals surface area contributed by atoms with Gasteiger partial charge in [0.2, 0.25) is 0 Å². The van der Waals surface area contributed by atoms with Crippen LogP contribution < -0.4 is 9.46 Å². The molecule has 0 saturated carbocycles. The van der Waals surface area contributed by atoms with Crippen LogP contribution in [0.25, 0.3) is 0 Å². The Labute approximate surface area is 177 Å². The topological polar surface area (TPSA) is 98.5 Å². The number of anilines is 1. The molecule has 0 aromatic heterocycles. The Morgan fingerprint density at radius 2 is 1.69 bits per heavy atom. The Kier molecular flexibility index (Phi) is 5.97. The van der Waals surface area contributed by atoms with Gasteiger partial charge in [-0.15, -0.1) is 0 Å². The number of rotatable bonds is 6. The van der Waals surface area contributed by atoms with E-state index in [1.54, 1.807) is 18.2 Å². The number of hydrogen-bond donors (Lipinski definition) is 1. The second-order valence-corrected chi connectivity index (χ2v) is 8.59. The fraction of sp³-hybridized carbons (Fsp3) is 0.0526. The lowest BCUT2D eigenvalue weighted by Crippen LogP contribution is -2.13. The number of non-ortho nitro benzene ring substituents is 1. The monoisotopic (exact) mass is 452 g/mol. The number of halogens is 2. The third kappa shape index (κ3) is 5.17. The van der Waals surface area contributed by atoms with Crippen molar-refractivity contribution in [3.63, 3.8) is 0 Å². The number of hydrogen-bond acceptors (Lipinski definition) is 5. The molecule has 29 heavy (non-hydrogen) atoms. The van der Waals surface area contributed by atoms with E-state index < -0.39 is 14.9 Å². The molecule has 0 aliphatic heterocycles. The molecule has 7 nitrogen and oxygen atoms in total. The summed E-state index contributed by atoms with van der Waals surface area (Å²) >= 11 is 11.9. The van der Waals surface area contributed by atoms with Crippen LogP contribution in [0.3, 0.4) is 0 Å². The third-order valence-electron chi connectivity index (χ3n) is 3.81. The number of sulfonamides is 1. The number of benzene rings is 3. The van der Waals surface area contributed by atoms with Crippen molar-refractivity contribution in [3.05, 3.63) is 86.4 Å². The normalized spacial score (nSPS) is 11.1. The standard InChI is InChI=1S/C19H14Cl2N2O5S/c1-12-2-5-17(6-3-12)29(26,27)22-14-9-15(23(24)25)11-16(10-14)28-19-7-4-13(20)8-18(19)21/h2-11,22H,1H3. The van der Waals surface area contributed by atoms with E-state index in [1.807, 2.05) is 6.92 Å². The molecule has 0 unspecified atom stereocenters. The number of nitro benzene ring substituents is 1. The van der Waals surface area contributed by atoms with Crippen LogP contribution in [0.15, 0.2) is 65.6 Å². The number of ether oxygens (including phenoxy) is 1. The molecule has 0 bridgehead atoms. The number of nitro groups is 1. The van der Waals surface area contributed by atoms with Crippen molar-refractivity contribution in [1.29, 1.82) is 0 Å². The molecule has 0 amide bonds. The van der Waals surface area contributed by atoms with Crippen LogP contribution in [0.5, 0.6) is 11.5 Å². The zero-order chi connectivity index (χ0) is 21.2. The van der Waals surface area contributed by atoms with Crippen LogP contribution in [0, 0.1) is 17.0 Å². The molecule has 3 aromatic rings. The summed E-state index contributed by atoms with van der Waals surface area (Å²) in [5, 5.41) is 11.9. The quantitative estimate of drug-likeness (QED) is 0.376. The van der Waals surface area contributed by atoms with E-state index in [0.29, 0.717) is 5.02 Å². The van der Waals surface area contributed by atoms with Crippen molar-refractivity contribution in [2.75, 3.05) is 4.72 Å². The van der Waals surface area contributed by atoms with E-state index in [-0.39, 0.29) is 32.8 Å². The molecule has 0 radical (unpaired) electrons. The summed E-state index contributed by atoms with van der Waals surface area (Å²) in [7, 11) is -3.95. The van der Waals surface area contributed by atoms with E-state index >= 15 is 0 Å². The maximum Gasteiger partial charge on any atom is 0.275 e. The van der Waals surface area contributed by atoms with E-state index in [0.717, 1.165) is 17.7 Å². The maximum atomic E-state index is 12.6. The van der Waals surface area contributed by atoms with Gasteiger partial charge in [-0.25, -0.2) is 8.42 Å². The molecule has 0 spiro atoms. The SMILES string of the molecule is Cc1ccc(S(=O)(=O)Nc2cc(Oc3ccc(Cl)cc3Cl)cc([N+](=O)[O-])c2)cc1. The minimum Gasteiger partial charge on any atom is -0.455 e. The van der Waals surface area contributed by atoms with Crippen molar-refractivity contribution >= 4 is 44.6 Å². The van der Waals surface area contributed by atoms with Gasteiger partial charge in [-0.2, -0.15) is 0 Å². The van der Waals surface area contributed by atoms with Gasteiger partial charge in [-0.1, -0.05) is 40.9 Å². The molecule has 0 atom stereocenters. The van der Waals surface area contributed by atoms with E-state index in [4.69, 9.17) is 27.9 Å². The Morgan fingerprint density at radius 3 is 2.31 bits per heavy atom. The lowest BCUT2D eigenvalue weighted by molar-refractivity contribution is -0.384. The summed E-state index contributed by atoms with van der Waals surface area (Å²) in [6, 6.07) is 14.3.